The second-order valence-corrected chi connectivity index (χ2v) is 5.75. The molecule has 6 nitrogen and oxygen atoms in total. The van der Waals surface area contributed by atoms with Crippen molar-refractivity contribution < 1.29 is 9.18 Å². The highest BCUT2D eigenvalue weighted by Gasteiger charge is 2.21. The van der Waals surface area contributed by atoms with Gasteiger partial charge in [-0.15, -0.1) is 0 Å². The molecular formula is C18H18FN5O. The van der Waals surface area contributed by atoms with Gasteiger partial charge in [0.1, 0.15) is 17.7 Å². The van der Waals surface area contributed by atoms with E-state index in [9.17, 15) is 14.4 Å². The second kappa shape index (κ2) is 7.62. The van der Waals surface area contributed by atoms with Gasteiger partial charge in [0.05, 0.1) is 5.56 Å². The smallest absolute Gasteiger partial charge is 0.321 e. The summed E-state index contributed by atoms with van der Waals surface area (Å²) in [6.07, 6.45) is 2.42. The Kier molecular flexibility index (Phi) is 5.09. The zero-order chi connectivity index (χ0) is 17.6. The Hall–Kier alpha value is -3.14. The molecule has 2 aromatic rings. The van der Waals surface area contributed by atoms with Gasteiger partial charge in [0.2, 0.25) is 0 Å². The Morgan fingerprint density at radius 1 is 1.20 bits per heavy atom. The summed E-state index contributed by atoms with van der Waals surface area (Å²) in [6, 6.07) is 11.2. The number of aromatic nitrogens is 1. The van der Waals surface area contributed by atoms with Crippen molar-refractivity contribution in [2.45, 2.75) is 6.42 Å². The minimum absolute atomic E-state index is 0.256. The van der Waals surface area contributed by atoms with E-state index >= 15 is 0 Å². The van der Waals surface area contributed by atoms with Crippen molar-refractivity contribution in [1.29, 1.82) is 5.26 Å². The van der Waals surface area contributed by atoms with E-state index in [2.05, 4.69) is 16.4 Å². The summed E-state index contributed by atoms with van der Waals surface area (Å²) in [5, 5.41) is 11.9. The number of urea groups is 1. The molecule has 1 saturated heterocycles. The standard InChI is InChI=1S/C18H18FN5O/c19-15-5-1-6-16(12-15)22-18(25)24-9-3-8-23(10-11-24)17-14(13-20)4-2-7-21-17/h1-2,4-7,12H,3,8-11H2,(H,22,25). The van der Waals surface area contributed by atoms with Crippen LogP contribution in [0.3, 0.4) is 0 Å². The maximum atomic E-state index is 13.2. The fraction of sp³-hybridized carbons (Fsp3) is 0.278. The number of pyridine rings is 1. The first-order valence-corrected chi connectivity index (χ1v) is 8.09. The van der Waals surface area contributed by atoms with Crippen molar-refractivity contribution in [3.63, 3.8) is 0 Å². The van der Waals surface area contributed by atoms with Gasteiger partial charge < -0.3 is 15.1 Å². The van der Waals surface area contributed by atoms with Crippen LogP contribution in [-0.2, 0) is 0 Å². The minimum Gasteiger partial charge on any atom is -0.354 e. The molecular weight excluding hydrogens is 321 g/mol. The van der Waals surface area contributed by atoms with E-state index in [1.54, 1.807) is 35.4 Å². The molecule has 1 fully saturated rings. The molecule has 0 aliphatic carbocycles. The monoisotopic (exact) mass is 339 g/mol. The molecule has 1 aromatic carbocycles. The maximum absolute atomic E-state index is 13.2. The van der Waals surface area contributed by atoms with Crippen LogP contribution < -0.4 is 10.2 Å². The van der Waals surface area contributed by atoms with Gasteiger partial charge in [-0.3, -0.25) is 0 Å². The van der Waals surface area contributed by atoms with Crippen LogP contribution >= 0.6 is 0 Å². The van der Waals surface area contributed by atoms with Crippen LogP contribution in [0.2, 0.25) is 0 Å². The van der Waals surface area contributed by atoms with Gasteiger partial charge in [-0.2, -0.15) is 5.26 Å². The molecule has 1 aromatic heterocycles. The van der Waals surface area contributed by atoms with Crippen molar-refractivity contribution in [3.05, 3.63) is 54.0 Å². The first kappa shape index (κ1) is 16.7. The summed E-state index contributed by atoms with van der Waals surface area (Å²) >= 11 is 0. The Balaban J connectivity index is 1.65. The highest BCUT2D eigenvalue weighted by molar-refractivity contribution is 5.89. The van der Waals surface area contributed by atoms with E-state index in [0.717, 1.165) is 13.0 Å². The van der Waals surface area contributed by atoms with Gasteiger partial charge in [-0.1, -0.05) is 6.07 Å². The van der Waals surface area contributed by atoms with Gasteiger partial charge >= 0.3 is 6.03 Å². The SMILES string of the molecule is N#Cc1cccnc1N1CCCN(C(=O)Nc2cccc(F)c2)CC1. The lowest BCUT2D eigenvalue weighted by Crippen LogP contribution is -2.38. The third-order valence-electron chi connectivity index (χ3n) is 4.07. The van der Waals surface area contributed by atoms with E-state index in [0.29, 0.717) is 36.7 Å². The number of nitrogens with zero attached hydrogens (tertiary/aromatic N) is 4. The number of benzene rings is 1. The number of rotatable bonds is 2. The predicted octanol–water partition coefficient (Wildman–Crippen LogP) is 2.84. The molecule has 3 rings (SSSR count). The van der Waals surface area contributed by atoms with Crippen LogP contribution in [0, 0.1) is 17.1 Å². The van der Waals surface area contributed by atoms with Crippen LogP contribution in [0.25, 0.3) is 0 Å². The molecule has 25 heavy (non-hydrogen) atoms. The highest BCUT2D eigenvalue weighted by Crippen LogP contribution is 2.18. The summed E-state index contributed by atoms with van der Waals surface area (Å²) in [6.45, 7) is 2.40. The van der Waals surface area contributed by atoms with E-state index in [1.165, 1.54) is 12.1 Å². The summed E-state index contributed by atoms with van der Waals surface area (Å²) in [5.74, 6) is 0.261. The molecule has 0 saturated carbocycles. The summed E-state index contributed by atoms with van der Waals surface area (Å²) in [4.78, 5) is 20.4. The Morgan fingerprint density at radius 2 is 2.08 bits per heavy atom. The number of carbonyl (C=O) groups excluding carboxylic acids is 1. The molecule has 7 heteroatoms. The van der Waals surface area contributed by atoms with Crippen molar-refractivity contribution in [2.75, 3.05) is 36.4 Å². The number of amides is 2. The highest BCUT2D eigenvalue weighted by atomic mass is 19.1. The van der Waals surface area contributed by atoms with E-state index in [4.69, 9.17) is 0 Å². The number of hydrogen-bond acceptors (Lipinski definition) is 4. The predicted molar refractivity (Wildman–Crippen MR) is 92.8 cm³/mol. The number of nitrogens with one attached hydrogen (secondary N) is 1. The molecule has 0 spiro atoms. The summed E-state index contributed by atoms with van der Waals surface area (Å²) < 4.78 is 13.2. The Bertz CT molecular complexity index is 804. The second-order valence-electron chi connectivity index (χ2n) is 5.75. The zero-order valence-electron chi connectivity index (χ0n) is 13.7. The molecule has 128 valence electrons. The average Bonchev–Trinajstić information content (AvgIpc) is 2.88. The van der Waals surface area contributed by atoms with E-state index < -0.39 is 0 Å². The number of halogens is 1. The van der Waals surface area contributed by atoms with Gasteiger partial charge in [-0.05, 0) is 36.8 Å². The van der Waals surface area contributed by atoms with Gasteiger partial charge in [-0.25, -0.2) is 14.2 Å². The van der Waals surface area contributed by atoms with Crippen LogP contribution in [0.4, 0.5) is 20.7 Å². The lowest BCUT2D eigenvalue weighted by Gasteiger charge is -2.23. The minimum atomic E-state index is -0.390. The van der Waals surface area contributed by atoms with Crippen molar-refractivity contribution in [1.82, 2.24) is 9.88 Å². The number of carbonyl (C=O) groups is 1. The molecule has 0 unspecified atom stereocenters. The van der Waals surface area contributed by atoms with Gasteiger partial charge in [0.25, 0.3) is 0 Å². The van der Waals surface area contributed by atoms with E-state index in [1.807, 2.05) is 4.90 Å². The number of anilines is 2. The topological polar surface area (TPSA) is 72.3 Å². The first-order chi connectivity index (χ1) is 12.2. The van der Waals surface area contributed by atoms with Crippen LogP contribution in [0.5, 0.6) is 0 Å². The average molecular weight is 339 g/mol. The molecule has 0 atom stereocenters. The molecule has 2 amide bonds. The first-order valence-electron chi connectivity index (χ1n) is 8.09. The van der Waals surface area contributed by atoms with Crippen molar-refractivity contribution >= 4 is 17.5 Å². The largest absolute Gasteiger partial charge is 0.354 e. The third kappa shape index (κ3) is 4.04. The Labute approximate surface area is 145 Å². The number of hydrogen-bond donors (Lipinski definition) is 1. The normalized spacial score (nSPS) is 14.6. The van der Waals surface area contributed by atoms with Gasteiger partial charge in [0, 0.05) is 38.1 Å². The van der Waals surface area contributed by atoms with Crippen LogP contribution in [0.1, 0.15) is 12.0 Å². The van der Waals surface area contributed by atoms with Crippen LogP contribution in [0.15, 0.2) is 42.6 Å². The lowest BCUT2D eigenvalue weighted by molar-refractivity contribution is 0.215. The lowest BCUT2D eigenvalue weighted by atomic mass is 10.2. The fourth-order valence-electron chi connectivity index (χ4n) is 2.84. The molecule has 1 aliphatic rings. The summed E-state index contributed by atoms with van der Waals surface area (Å²) in [5.41, 5.74) is 0.961. The number of nitriles is 1. The summed E-state index contributed by atoms with van der Waals surface area (Å²) in [7, 11) is 0. The molecule has 1 N–H and O–H groups in total. The van der Waals surface area contributed by atoms with E-state index in [-0.39, 0.29) is 11.8 Å². The maximum Gasteiger partial charge on any atom is 0.321 e. The van der Waals surface area contributed by atoms with Crippen molar-refractivity contribution in [3.8, 4) is 6.07 Å². The van der Waals surface area contributed by atoms with Crippen LogP contribution in [-0.4, -0.2) is 42.1 Å². The molecule has 0 bridgehead atoms. The zero-order valence-corrected chi connectivity index (χ0v) is 13.7. The molecule has 2 heterocycles. The fourth-order valence-corrected chi connectivity index (χ4v) is 2.84. The van der Waals surface area contributed by atoms with Crippen molar-refractivity contribution in [2.24, 2.45) is 0 Å². The molecule has 0 radical (unpaired) electrons. The quantitative estimate of drug-likeness (QED) is 0.913. The van der Waals surface area contributed by atoms with Gasteiger partial charge in [0.15, 0.2) is 0 Å². The third-order valence-corrected chi connectivity index (χ3v) is 4.07. The molecule has 1 aliphatic heterocycles. The Morgan fingerprint density at radius 3 is 2.88 bits per heavy atom.